The van der Waals surface area contributed by atoms with Crippen LogP contribution in [-0.2, 0) is 4.79 Å². The van der Waals surface area contributed by atoms with Crippen LogP contribution >= 0.6 is 24.0 Å². The molecule has 5 nitrogen and oxygen atoms in total. The fourth-order valence-corrected chi connectivity index (χ4v) is 4.16. The van der Waals surface area contributed by atoms with Crippen molar-refractivity contribution in [2.75, 3.05) is 20.1 Å². The smallest absolute Gasteiger partial charge is 0.225 e. The second-order valence-electron chi connectivity index (χ2n) is 7.50. The molecular weight excluding hydrogens is 415 g/mol. The maximum Gasteiger partial charge on any atom is 0.225 e. The van der Waals surface area contributed by atoms with E-state index in [-0.39, 0.29) is 24.0 Å². The molecule has 0 aromatic heterocycles. The minimum absolute atomic E-state index is 0. The molecule has 3 rings (SSSR count). The second kappa shape index (κ2) is 9.25. The number of halogens is 1. The molecule has 1 heterocycles. The molecule has 1 aliphatic heterocycles. The zero-order chi connectivity index (χ0) is 16.2. The quantitative estimate of drug-likeness (QED) is 0.387. The van der Waals surface area contributed by atoms with E-state index in [1.807, 2.05) is 7.05 Å². The third-order valence-corrected chi connectivity index (χ3v) is 5.67. The molecule has 6 heteroatoms. The number of guanidine groups is 1. The number of carbonyl (C=O) groups excluding carboxylic acids is 1. The van der Waals surface area contributed by atoms with Crippen molar-refractivity contribution in [3.8, 4) is 0 Å². The first-order chi connectivity index (χ1) is 11.2. The summed E-state index contributed by atoms with van der Waals surface area (Å²) in [6, 6.07) is 0.939. The first-order valence-electron chi connectivity index (χ1n) is 9.50. The fraction of sp³-hybridized carbons (Fsp3) is 0.889. The van der Waals surface area contributed by atoms with Crippen molar-refractivity contribution in [1.82, 2.24) is 15.5 Å². The molecule has 0 spiro atoms. The van der Waals surface area contributed by atoms with Gasteiger partial charge in [-0.25, -0.2) is 0 Å². The number of hydrogen-bond donors (Lipinski definition) is 2. The standard InChI is InChI=1S/C18H32N4O.HI/c1-3-6-14-11-16(14)21-18(19-2)20-15-9-10-22(12-15)17(23)13-7-4-5-8-13;/h13-16H,3-12H2,1-2H3,(H2,19,20,21);1H. The summed E-state index contributed by atoms with van der Waals surface area (Å²) in [5.41, 5.74) is 0. The minimum atomic E-state index is 0. The van der Waals surface area contributed by atoms with Crippen LogP contribution in [0.2, 0.25) is 0 Å². The number of carbonyl (C=O) groups is 1. The zero-order valence-electron chi connectivity index (χ0n) is 15.1. The summed E-state index contributed by atoms with van der Waals surface area (Å²) in [5.74, 6) is 2.42. The van der Waals surface area contributed by atoms with Crippen molar-refractivity contribution in [2.24, 2.45) is 16.8 Å². The van der Waals surface area contributed by atoms with Crippen LogP contribution in [0.1, 0.15) is 58.3 Å². The molecule has 3 fully saturated rings. The molecule has 0 aromatic rings. The Morgan fingerprint density at radius 3 is 2.62 bits per heavy atom. The summed E-state index contributed by atoms with van der Waals surface area (Å²) in [6.45, 7) is 3.97. The SMILES string of the molecule is CCCC1CC1NC(=NC)NC1CCN(C(=O)C2CCCC2)C1.I. The Labute approximate surface area is 163 Å². The van der Waals surface area contributed by atoms with Gasteiger partial charge < -0.3 is 15.5 Å². The van der Waals surface area contributed by atoms with Gasteiger partial charge in [0.1, 0.15) is 0 Å². The molecular formula is C18H33IN4O. The van der Waals surface area contributed by atoms with E-state index in [1.54, 1.807) is 0 Å². The van der Waals surface area contributed by atoms with Gasteiger partial charge in [0, 0.05) is 38.1 Å². The van der Waals surface area contributed by atoms with Gasteiger partial charge in [0.05, 0.1) is 0 Å². The molecule has 1 saturated heterocycles. The lowest BCUT2D eigenvalue weighted by atomic mass is 10.1. The van der Waals surface area contributed by atoms with Gasteiger partial charge in [-0.3, -0.25) is 9.79 Å². The lowest BCUT2D eigenvalue weighted by Crippen LogP contribution is -2.46. The average molecular weight is 448 g/mol. The Balaban J connectivity index is 0.00000208. The van der Waals surface area contributed by atoms with Gasteiger partial charge in [-0.15, -0.1) is 24.0 Å². The molecule has 2 saturated carbocycles. The molecule has 1 amide bonds. The normalized spacial score (nSPS) is 30.2. The van der Waals surface area contributed by atoms with Gasteiger partial charge in [-0.2, -0.15) is 0 Å². The predicted octanol–water partition coefficient (Wildman–Crippen LogP) is 2.75. The van der Waals surface area contributed by atoms with Crippen molar-refractivity contribution < 1.29 is 4.79 Å². The molecule has 138 valence electrons. The molecule has 3 atom stereocenters. The Hall–Kier alpha value is -0.530. The maximum atomic E-state index is 12.5. The van der Waals surface area contributed by atoms with Crippen molar-refractivity contribution in [3.05, 3.63) is 0 Å². The molecule has 2 aliphatic carbocycles. The topological polar surface area (TPSA) is 56.7 Å². The predicted molar refractivity (Wildman–Crippen MR) is 109 cm³/mol. The number of nitrogens with one attached hydrogen (secondary N) is 2. The van der Waals surface area contributed by atoms with Gasteiger partial charge in [0.25, 0.3) is 0 Å². The van der Waals surface area contributed by atoms with Crippen LogP contribution in [0.5, 0.6) is 0 Å². The highest BCUT2D eigenvalue weighted by Gasteiger charge is 2.37. The van der Waals surface area contributed by atoms with Crippen LogP contribution in [0, 0.1) is 11.8 Å². The summed E-state index contributed by atoms with van der Waals surface area (Å²) >= 11 is 0. The van der Waals surface area contributed by atoms with E-state index < -0.39 is 0 Å². The van der Waals surface area contributed by atoms with Gasteiger partial charge in [0.15, 0.2) is 5.96 Å². The van der Waals surface area contributed by atoms with Crippen LogP contribution in [0.25, 0.3) is 0 Å². The van der Waals surface area contributed by atoms with Crippen molar-refractivity contribution in [2.45, 2.75) is 70.4 Å². The van der Waals surface area contributed by atoms with E-state index in [4.69, 9.17) is 0 Å². The third kappa shape index (κ3) is 4.99. The summed E-state index contributed by atoms with van der Waals surface area (Å²) in [4.78, 5) is 18.9. The number of rotatable bonds is 5. The number of nitrogens with zero attached hydrogens (tertiary/aromatic N) is 2. The highest BCUT2D eigenvalue weighted by molar-refractivity contribution is 14.0. The van der Waals surface area contributed by atoms with Crippen LogP contribution < -0.4 is 10.6 Å². The summed E-state index contributed by atoms with van der Waals surface area (Å²) in [6.07, 6.45) is 9.51. The summed E-state index contributed by atoms with van der Waals surface area (Å²) < 4.78 is 0. The van der Waals surface area contributed by atoms with E-state index in [9.17, 15) is 4.79 Å². The van der Waals surface area contributed by atoms with E-state index in [1.165, 1.54) is 32.1 Å². The molecule has 0 aromatic carbocycles. The Morgan fingerprint density at radius 1 is 1.21 bits per heavy atom. The highest BCUT2D eigenvalue weighted by atomic mass is 127. The Morgan fingerprint density at radius 2 is 1.96 bits per heavy atom. The molecule has 0 radical (unpaired) electrons. The van der Waals surface area contributed by atoms with Gasteiger partial charge in [-0.05, 0) is 38.0 Å². The van der Waals surface area contributed by atoms with Crippen molar-refractivity contribution >= 4 is 35.8 Å². The van der Waals surface area contributed by atoms with Crippen LogP contribution in [-0.4, -0.2) is 49.0 Å². The molecule has 3 aliphatic rings. The number of aliphatic imine (C=N–C) groups is 1. The second-order valence-corrected chi connectivity index (χ2v) is 7.50. The van der Waals surface area contributed by atoms with Crippen LogP contribution in [0.3, 0.4) is 0 Å². The summed E-state index contributed by atoms with van der Waals surface area (Å²) in [5, 5.41) is 7.06. The molecule has 24 heavy (non-hydrogen) atoms. The Kier molecular flexibility index (Phi) is 7.62. The molecule has 2 N–H and O–H groups in total. The summed E-state index contributed by atoms with van der Waals surface area (Å²) in [7, 11) is 1.84. The lowest BCUT2D eigenvalue weighted by Gasteiger charge is -2.21. The highest BCUT2D eigenvalue weighted by Crippen LogP contribution is 2.34. The lowest BCUT2D eigenvalue weighted by molar-refractivity contribution is -0.134. The van der Waals surface area contributed by atoms with E-state index >= 15 is 0 Å². The van der Waals surface area contributed by atoms with E-state index in [2.05, 4.69) is 27.4 Å². The molecule has 0 bridgehead atoms. The number of likely N-dealkylation sites (tertiary alicyclic amines) is 1. The third-order valence-electron chi connectivity index (χ3n) is 5.67. The van der Waals surface area contributed by atoms with E-state index in [0.717, 1.165) is 44.2 Å². The van der Waals surface area contributed by atoms with Crippen LogP contribution in [0.15, 0.2) is 4.99 Å². The van der Waals surface area contributed by atoms with Crippen molar-refractivity contribution in [1.29, 1.82) is 0 Å². The molecule has 3 unspecified atom stereocenters. The first kappa shape index (κ1) is 19.8. The average Bonchev–Trinajstić information content (AvgIpc) is 3.01. The van der Waals surface area contributed by atoms with Crippen molar-refractivity contribution in [3.63, 3.8) is 0 Å². The number of amides is 1. The number of hydrogen-bond acceptors (Lipinski definition) is 2. The van der Waals surface area contributed by atoms with Crippen LogP contribution in [0.4, 0.5) is 0 Å². The van der Waals surface area contributed by atoms with Gasteiger partial charge >= 0.3 is 0 Å². The maximum absolute atomic E-state index is 12.5. The monoisotopic (exact) mass is 448 g/mol. The zero-order valence-corrected chi connectivity index (χ0v) is 17.4. The van der Waals surface area contributed by atoms with E-state index in [0.29, 0.717) is 23.9 Å². The minimum Gasteiger partial charge on any atom is -0.353 e. The fourth-order valence-electron chi connectivity index (χ4n) is 4.16. The Bertz CT molecular complexity index is 450. The van der Waals surface area contributed by atoms with Gasteiger partial charge in [0.2, 0.25) is 5.91 Å². The first-order valence-corrected chi connectivity index (χ1v) is 9.50. The largest absolute Gasteiger partial charge is 0.353 e. The van der Waals surface area contributed by atoms with Gasteiger partial charge in [-0.1, -0.05) is 26.2 Å².